The Bertz CT molecular complexity index is 724. The standard InChI is InChI=1S/C12H10N2O3/c1-6-14-9-3-7-8(12(15)13-2)5-16-10(7)4-11(9)17-6/h3-5H,1-2H3,(H,13,15). The molecule has 0 radical (unpaired) electrons. The topological polar surface area (TPSA) is 68.3 Å². The van der Waals surface area contributed by atoms with Crippen molar-refractivity contribution < 1.29 is 13.6 Å². The third kappa shape index (κ3) is 1.39. The summed E-state index contributed by atoms with van der Waals surface area (Å²) in [5.41, 5.74) is 2.51. The van der Waals surface area contributed by atoms with Crippen LogP contribution in [0.2, 0.25) is 0 Å². The van der Waals surface area contributed by atoms with Crippen molar-refractivity contribution in [2.75, 3.05) is 7.05 Å². The van der Waals surface area contributed by atoms with E-state index >= 15 is 0 Å². The predicted molar refractivity (Wildman–Crippen MR) is 61.9 cm³/mol. The molecule has 2 aromatic heterocycles. The van der Waals surface area contributed by atoms with Crippen molar-refractivity contribution in [2.24, 2.45) is 0 Å². The molecule has 1 amide bonds. The van der Waals surface area contributed by atoms with Crippen LogP contribution in [0, 0.1) is 6.92 Å². The van der Waals surface area contributed by atoms with E-state index < -0.39 is 0 Å². The number of amides is 1. The highest BCUT2D eigenvalue weighted by Gasteiger charge is 2.14. The number of carbonyl (C=O) groups excluding carboxylic acids is 1. The van der Waals surface area contributed by atoms with Gasteiger partial charge in [0.1, 0.15) is 17.4 Å². The monoisotopic (exact) mass is 230 g/mol. The molecule has 0 bridgehead atoms. The van der Waals surface area contributed by atoms with Gasteiger partial charge in [0.25, 0.3) is 5.91 Å². The molecule has 0 unspecified atom stereocenters. The molecular formula is C12H10N2O3. The minimum atomic E-state index is -0.177. The second-order valence-electron chi connectivity index (χ2n) is 3.78. The third-order valence-corrected chi connectivity index (χ3v) is 2.66. The van der Waals surface area contributed by atoms with Gasteiger partial charge in [-0.15, -0.1) is 0 Å². The summed E-state index contributed by atoms with van der Waals surface area (Å²) < 4.78 is 10.7. The fourth-order valence-electron chi connectivity index (χ4n) is 1.87. The smallest absolute Gasteiger partial charge is 0.254 e. The first-order valence-electron chi connectivity index (χ1n) is 5.19. The Morgan fingerprint density at radius 2 is 2.18 bits per heavy atom. The van der Waals surface area contributed by atoms with Crippen LogP contribution in [-0.2, 0) is 0 Å². The molecule has 0 aliphatic carbocycles. The molecule has 0 saturated heterocycles. The number of aromatic nitrogens is 1. The number of rotatable bonds is 1. The van der Waals surface area contributed by atoms with Crippen molar-refractivity contribution in [1.82, 2.24) is 10.3 Å². The van der Waals surface area contributed by atoms with Crippen LogP contribution in [0.25, 0.3) is 22.1 Å². The maximum atomic E-state index is 11.6. The van der Waals surface area contributed by atoms with Gasteiger partial charge in [0.05, 0.1) is 5.56 Å². The summed E-state index contributed by atoms with van der Waals surface area (Å²) in [6, 6.07) is 3.55. The first-order valence-corrected chi connectivity index (χ1v) is 5.19. The van der Waals surface area contributed by atoms with E-state index in [-0.39, 0.29) is 5.91 Å². The maximum Gasteiger partial charge on any atom is 0.254 e. The molecule has 0 spiro atoms. The van der Waals surface area contributed by atoms with Crippen molar-refractivity contribution in [3.05, 3.63) is 29.9 Å². The van der Waals surface area contributed by atoms with Crippen molar-refractivity contribution in [3.8, 4) is 0 Å². The second-order valence-corrected chi connectivity index (χ2v) is 3.78. The largest absolute Gasteiger partial charge is 0.463 e. The lowest BCUT2D eigenvalue weighted by atomic mass is 10.1. The average molecular weight is 230 g/mol. The van der Waals surface area contributed by atoms with Crippen LogP contribution in [-0.4, -0.2) is 17.9 Å². The van der Waals surface area contributed by atoms with E-state index in [4.69, 9.17) is 8.83 Å². The summed E-state index contributed by atoms with van der Waals surface area (Å²) in [6.07, 6.45) is 1.44. The van der Waals surface area contributed by atoms with Gasteiger partial charge in [-0.3, -0.25) is 4.79 Å². The molecular weight excluding hydrogens is 220 g/mol. The minimum Gasteiger partial charge on any atom is -0.463 e. The summed E-state index contributed by atoms with van der Waals surface area (Å²) in [5.74, 6) is 0.414. The highest BCUT2D eigenvalue weighted by molar-refractivity contribution is 6.08. The number of fused-ring (bicyclic) bond motifs is 2. The highest BCUT2D eigenvalue weighted by atomic mass is 16.4. The van der Waals surface area contributed by atoms with Gasteiger partial charge in [0.15, 0.2) is 11.5 Å². The average Bonchev–Trinajstić information content (AvgIpc) is 2.86. The van der Waals surface area contributed by atoms with E-state index in [1.165, 1.54) is 6.26 Å². The molecule has 5 nitrogen and oxygen atoms in total. The molecule has 3 rings (SSSR count). The molecule has 2 heterocycles. The third-order valence-electron chi connectivity index (χ3n) is 2.66. The van der Waals surface area contributed by atoms with Gasteiger partial charge in [-0.1, -0.05) is 0 Å². The lowest BCUT2D eigenvalue weighted by Crippen LogP contribution is -2.17. The van der Waals surface area contributed by atoms with Crippen LogP contribution >= 0.6 is 0 Å². The van der Waals surface area contributed by atoms with E-state index in [0.717, 1.165) is 10.9 Å². The number of benzene rings is 1. The van der Waals surface area contributed by atoms with Crippen LogP contribution in [0.5, 0.6) is 0 Å². The number of oxazole rings is 1. The number of aryl methyl sites for hydroxylation is 1. The highest BCUT2D eigenvalue weighted by Crippen LogP contribution is 2.27. The van der Waals surface area contributed by atoms with Gasteiger partial charge in [-0.2, -0.15) is 0 Å². The van der Waals surface area contributed by atoms with E-state index in [1.807, 2.05) is 0 Å². The Balaban J connectivity index is 2.34. The summed E-state index contributed by atoms with van der Waals surface area (Å²) in [7, 11) is 1.58. The molecule has 0 saturated carbocycles. The first kappa shape index (κ1) is 9.89. The number of hydrogen-bond donors (Lipinski definition) is 1. The molecule has 86 valence electrons. The van der Waals surface area contributed by atoms with Crippen LogP contribution < -0.4 is 5.32 Å². The molecule has 1 aromatic carbocycles. The van der Waals surface area contributed by atoms with Crippen LogP contribution in [0.3, 0.4) is 0 Å². The number of furan rings is 1. The van der Waals surface area contributed by atoms with Gasteiger partial charge in [0, 0.05) is 25.4 Å². The van der Waals surface area contributed by atoms with E-state index in [9.17, 15) is 4.79 Å². The van der Waals surface area contributed by atoms with Gasteiger partial charge in [-0.05, 0) is 6.07 Å². The lowest BCUT2D eigenvalue weighted by molar-refractivity contribution is 0.0964. The minimum absolute atomic E-state index is 0.177. The van der Waals surface area contributed by atoms with Crippen molar-refractivity contribution >= 4 is 28.0 Å². The van der Waals surface area contributed by atoms with Crippen molar-refractivity contribution in [3.63, 3.8) is 0 Å². The normalized spacial score (nSPS) is 11.2. The SMILES string of the molecule is CNC(=O)c1coc2cc3oc(C)nc3cc12. The Morgan fingerprint density at radius 3 is 2.94 bits per heavy atom. The lowest BCUT2D eigenvalue weighted by Gasteiger charge is -1.95. The molecule has 0 aliphatic rings. The zero-order valence-corrected chi connectivity index (χ0v) is 9.40. The Morgan fingerprint density at radius 1 is 1.35 bits per heavy atom. The Hall–Kier alpha value is -2.30. The zero-order valence-electron chi connectivity index (χ0n) is 9.40. The van der Waals surface area contributed by atoms with Gasteiger partial charge < -0.3 is 14.2 Å². The van der Waals surface area contributed by atoms with Crippen LogP contribution in [0.1, 0.15) is 16.2 Å². The summed E-state index contributed by atoms with van der Waals surface area (Å²) in [4.78, 5) is 15.8. The molecule has 5 heteroatoms. The molecule has 0 atom stereocenters. The van der Waals surface area contributed by atoms with Crippen LogP contribution in [0.15, 0.2) is 27.2 Å². The summed E-state index contributed by atoms with van der Waals surface area (Å²) >= 11 is 0. The number of nitrogens with one attached hydrogen (secondary N) is 1. The number of carbonyl (C=O) groups is 1. The first-order chi connectivity index (χ1) is 8.19. The van der Waals surface area contributed by atoms with E-state index in [0.29, 0.717) is 22.6 Å². The van der Waals surface area contributed by atoms with E-state index in [1.54, 1.807) is 26.1 Å². The molecule has 1 N–H and O–H groups in total. The van der Waals surface area contributed by atoms with Crippen LogP contribution in [0.4, 0.5) is 0 Å². The number of nitrogens with zero attached hydrogens (tertiary/aromatic N) is 1. The quantitative estimate of drug-likeness (QED) is 0.696. The maximum absolute atomic E-state index is 11.6. The number of hydrogen-bond acceptors (Lipinski definition) is 4. The van der Waals surface area contributed by atoms with Gasteiger partial charge >= 0.3 is 0 Å². The van der Waals surface area contributed by atoms with Gasteiger partial charge in [-0.25, -0.2) is 4.98 Å². The van der Waals surface area contributed by atoms with Gasteiger partial charge in [0.2, 0.25) is 0 Å². The molecule has 3 aromatic rings. The Labute approximate surface area is 96.4 Å². The fraction of sp³-hybridized carbons (Fsp3) is 0.167. The second kappa shape index (κ2) is 3.35. The van der Waals surface area contributed by atoms with Crippen molar-refractivity contribution in [1.29, 1.82) is 0 Å². The fourth-order valence-corrected chi connectivity index (χ4v) is 1.87. The molecule has 0 fully saturated rings. The summed E-state index contributed by atoms with van der Waals surface area (Å²) in [6.45, 7) is 1.78. The van der Waals surface area contributed by atoms with Crippen molar-refractivity contribution in [2.45, 2.75) is 6.92 Å². The Kier molecular flexibility index (Phi) is 1.95. The van der Waals surface area contributed by atoms with E-state index in [2.05, 4.69) is 10.3 Å². The molecule has 17 heavy (non-hydrogen) atoms. The zero-order chi connectivity index (χ0) is 12.0. The predicted octanol–water partition coefficient (Wildman–Crippen LogP) is 2.24. The summed E-state index contributed by atoms with van der Waals surface area (Å²) in [5, 5.41) is 3.31. The molecule has 0 aliphatic heterocycles.